The van der Waals surface area contributed by atoms with Crippen LogP contribution in [0.2, 0.25) is 0 Å². The second-order valence-corrected chi connectivity index (χ2v) is 1.91. The van der Waals surface area contributed by atoms with E-state index >= 15 is 0 Å². The summed E-state index contributed by atoms with van der Waals surface area (Å²) in [6.45, 7) is 3.82. The Balaban J connectivity index is 3.66. The van der Waals surface area contributed by atoms with Gasteiger partial charge in [-0.3, -0.25) is 4.99 Å². The highest BCUT2D eigenvalue weighted by Gasteiger charge is 1.82. The molecule has 46 valence electrons. The van der Waals surface area contributed by atoms with E-state index < -0.39 is 0 Å². The third-order valence-electron chi connectivity index (χ3n) is 0.666. The summed E-state index contributed by atoms with van der Waals surface area (Å²) in [6.07, 6.45) is 1.96. The van der Waals surface area contributed by atoms with E-state index in [4.69, 9.17) is 5.73 Å². The van der Waals surface area contributed by atoms with Crippen LogP contribution in [-0.4, -0.2) is 19.5 Å². The third-order valence-corrected chi connectivity index (χ3v) is 1.17. The van der Waals surface area contributed by atoms with Crippen molar-refractivity contribution in [1.82, 2.24) is 0 Å². The lowest BCUT2D eigenvalue weighted by Crippen LogP contribution is -1.99. The number of thioether (sulfide) groups is 1. The van der Waals surface area contributed by atoms with Crippen LogP contribution in [-0.2, 0) is 0 Å². The highest BCUT2D eigenvalue weighted by Crippen LogP contribution is 2.00. The molecule has 8 heavy (non-hydrogen) atoms. The van der Waals surface area contributed by atoms with E-state index in [1.807, 2.05) is 11.7 Å². The van der Waals surface area contributed by atoms with Crippen molar-refractivity contribution >= 4 is 18.5 Å². The van der Waals surface area contributed by atoms with Gasteiger partial charge >= 0.3 is 0 Å². The predicted octanol–water partition coefficient (Wildman–Crippen LogP) is 0.850. The molecule has 0 spiro atoms. The highest BCUT2D eigenvalue weighted by molar-refractivity contribution is 8.01. The van der Waals surface area contributed by atoms with Crippen LogP contribution >= 0.6 is 11.8 Å². The number of aliphatic imine (C=N–C) groups is 1. The van der Waals surface area contributed by atoms with Crippen molar-refractivity contribution in [1.29, 1.82) is 0 Å². The molecule has 2 N–H and O–H groups in total. The second kappa shape index (κ2) is 4.87. The van der Waals surface area contributed by atoms with E-state index in [0.717, 1.165) is 5.70 Å². The lowest BCUT2D eigenvalue weighted by Gasteiger charge is -1.90. The summed E-state index contributed by atoms with van der Waals surface area (Å²) in [4.78, 5) is 3.66. The van der Waals surface area contributed by atoms with E-state index in [-0.39, 0.29) is 0 Å². The SMILES string of the molecule is C=N/C(=C\SC)CN. The van der Waals surface area contributed by atoms with E-state index in [9.17, 15) is 0 Å². The lowest BCUT2D eigenvalue weighted by molar-refractivity contribution is 1.12. The summed E-state index contributed by atoms with van der Waals surface area (Å²) in [6, 6.07) is 0. The summed E-state index contributed by atoms with van der Waals surface area (Å²) >= 11 is 1.58. The summed E-state index contributed by atoms with van der Waals surface area (Å²) in [5, 5.41) is 1.88. The molecule has 0 rings (SSSR count). The first kappa shape index (κ1) is 7.72. The first-order chi connectivity index (χ1) is 3.85. The van der Waals surface area contributed by atoms with Crippen molar-refractivity contribution in [2.45, 2.75) is 0 Å². The molecule has 2 nitrogen and oxygen atoms in total. The van der Waals surface area contributed by atoms with Gasteiger partial charge in [0.2, 0.25) is 0 Å². The minimum atomic E-state index is 0.477. The van der Waals surface area contributed by atoms with E-state index in [1.54, 1.807) is 11.8 Å². The molecule has 0 aliphatic carbocycles. The molecule has 0 saturated carbocycles. The van der Waals surface area contributed by atoms with Crippen LogP contribution in [0.15, 0.2) is 16.1 Å². The zero-order valence-electron chi connectivity index (χ0n) is 4.92. The standard InChI is InChI=1S/C5H10N2S/c1-7-5(3-6)4-8-2/h4H,1,3,6H2,2H3/b5-4-. The van der Waals surface area contributed by atoms with Crippen LogP contribution in [0.3, 0.4) is 0 Å². The number of hydrogen-bond donors (Lipinski definition) is 1. The van der Waals surface area contributed by atoms with Crippen LogP contribution in [0.25, 0.3) is 0 Å². The Morgan fingerprint density at radius 3 is 2.75 bits per heavy atom. The fraction of sp³-hybridized carbons (Fsp3) is 0.400. The molecular formula is C5H10N2S. The maximum absolute atomic E-state index is 5.25. The number of hydrogen-bond acceptors (Lipinski definition) is 3. The Labute approximate surface area is 53.9 Å². The number of nitrogens with zero attached hydrogens (tertiary/aromatic N) is 1. The Bertz CT molecular complexity index is 98.6. The Morgan fingerprint density at radius 2 is 2.62 bits per heavy atom. The smallest absolute Gasteiger partial charge is 0.0594 e. The molecular weight excluding hydrogens is 120 g/mol. The molecule has 0 aliphatic rings. The zero-order chi connectivity index (χ0) is 6.41. The van der Waals surface area contributed by atoms with Crippen molar-refractivity contribution in [3.8, 4) is 0 Å². The van der Waals surface area contributed by atoms with Gasteiger partial charge in [0.25, 0.3) is 0 Å². The van der Waals surface area contributed by atoms with Crippen LogP contribution in [0.4, 0.5) is 0 Å². The van der Waals surface area contributed by atoms with Gasteiger partial charge in [-0.1, -0.05) is 0 Å². The molecule has 0 aromatic rings. The maximum atomic E-state index is 5.25. The molecule has 0 fully saturated rings. The molecule has 0 aromatic heterocycles. The van der Waals surface area contributed by atoms with Gasteiger partial charge in [0.05, 0.1) is 5.70 Å². The fourth-order valence-corrected chi connectivity index (χ4v) is 0.729. The van der Waals surface area contributed by atoms with Crippen LogP contribution in [0, 0.1) is 0 Å². The van der Waals surface area contributed by atoms with E-state index in [2.05, 4.69) is 11.7 Å². The minimum Gasteiger partial charge on any atom is -0.325 e. The molecule has 0 bridgehead atoms. The zero-order valence-corrected chi connectivity index (χ0v) is 5.74. The lowest BCUT2D eigenvalue weighted by atomic mass is 10.5. The van der Waals surface area contributed by atoms with Gasteiger partial charge in [-0.2, -0.15) is 0 Å². The summed E-state index contributed by atoms with van der Waals surface area (Å²) in [5.41, 5.74) is 6.10. The molecule has 0 unspecified atom stereocenters. The average Bonchev–Trinajstić information content (AvgIpc) is 1.83. The van der Waals surface area contributed by atoms with Gasteiger partial charge in [-0.05, 0) is 18.4 Å². The van der Waals surface area contributed by atoms with Crippen LogP contribution in [0.1, 0.15) is 0 Å². The van der Waals surface area contributed by atoms with Crippen molar-refractivity contribution in [2.75, 3.05) is 12.8 Å². The van der Waals surface area contributed by atoms with Gasteiger partial charge in [0, 0.05) is 6.54 Å². The van der Waals surface area contributed by atoms with Crippen molar-refractivity contribution < 1.29 is 0 Å². The molecule has 3 heteroatoms. The second-order valence-electron chi connectivity index (χ2n) is 1.21. The Kier molecular flexibility index (Phi) is 4.70. The monoisotopic (exact) mass is 130 g/mol. The molecule has 0 radical (unpaired) electrons. The molecule has 0 saturated heterocycles. The Morgan fingerprint density at radius 1 is 2.00 bits per heavy atom. The number of nitrogens with two attached hydrogens (primary N) is 1. The predicted molar refractivity (Wildman–Crippen MR) is 40.2 cm³/mol. The largest absolute Gasteiger partial charge is 0.325 e. The molecule has 0 amide bonds. The first-order valence-electron chi connectivity index (χ1n) is 2.23. The minimum absolute atomic E-state index is 0.477. The van der Waals surface area contributed by atoms with Gasteiger partial charge in [-0.15, -0.1) is 11.8 Å². The Hall–Kier alpha value is -0.280. The van der Waals surface area contributed by atoms with E-state index in [0.29, 0.717) is 6.54 Å². The van der Waals surface area contributed by atoms with Crippen molar-refractivity contribution in [2.24, 2.45) is 10.7 Å². The summed E-state index contributed by atoms with van der Waals surface area (Å²) in [5.74, 6) is 0. The van der Waals surface area contributed by atoms with Crippen LogP contribution in [0.5, 0.6) is 0 Å². The summed E-state index contributed by atoms with van der Waals surface area (Å²) < 4.78 is 0. The fourth-order valence-electron chi connectivity index (χ4n) is 0.286. The average molecular weight is 130 g/mol. The molecule has 0 aromatic carbocycles. The first-order valence-corrected chi connectivity index (χ1v) is 3.52. The normalized spacial score (nSPS) is 11.5. The van der Waals surface area contributed by atoms with Crippen molar-refractivity contribution in [3.63, 3.8) is 0 Å². The highest BCUT2D eigenvalue weighted by atomic mass is 32.2. The van der Waals surface area contributed by atoms with E-state index in [1.165, 1.54) is 0 Å². The summed E-state index contributed by atoms with van der Waals surface area (Å²) in [7, 11) is 0. The van der Waals surface area contributed by atoms with Gasteiger partial charge in [0.1, 0.15) is 0 Å². The molecule has 0 atom stereocenters. The number of rotatable bonds is 3. The van der Waals surface area contributed by atoms with Gasteiger partial charge in [-0.25, -0.2) is 0 Å². The molecule has 0 heterocycles. The third kappa shape index (κ3) is 2.82. The van der Waals surface area contributed by atoms with Gasteiger partial charge < -0.3 is 5.73 Å². The quantitative estimate of drug-likeness (QED) is 0.575. The molecule has 0 aliphatic heterocycles. The van der Waals surface area contributed by atoms with Crippen LogP contribution < -0.4 is 5.73 Å². The van der Waals surface area contributed by atoms with Gasteiger partial charge in [0.15, 0.2) is 0 Å². The maximum Gasteiger partial charge on any atom is 0.0594 e. The van der Waals surface area contributed by atoms with Crippen molar-refractivity contribution in [3.05, 3.63) is 11.1 Å². The topological polar surface area (TPSA) is 38.4 Å².